The molecule has 0 radical (unpaired) electrons. The summed E-state index contributed by atoms with van der Waals surface area (Å²) in [5.74, 6) is 0.858. The molecule has 4 heterocycles. The van der Waals surface area contributed by atoms with Crippen LogP contribution in [0.4, 0.5) is 0 Å². The summed E-state index contributed by atoms with van der Waals surface area (Å²) >= 11 is 0. The molecule has 0 saturated heterocycles. The maximum Gasteiger partial charge on any atom is 0.149 e. The van der Waals surface area contributed by atoms with Crippen LogP contribution in [0, 0.1) is 0 Å². The van der Waals surface area contributed by atoms with Crippen molar-refractivity contribution < 1.29 is 0 Å². The van der Waals surface area contributed by atoms with E-state index in [0.717, 1.165) is 45.1 Å². The Morgan fingerprint density at radius 1 is 0.500 bits per heavy atom. The molecule has 0 bridgehead atoms. The molecular formula is C42H38N4. The average molecular weight is 599 g/mol. The van der Waals surface area contributed by atoms with Crippen LogP contribution in [-0.2, 0) is 10.8 Å². The molecule has 0 fully saturated rings. The molecule has 4 nitrogen and oxygen atoms in total. The molecule has 4 aromatic heterocycles. The van der Waals surface area contributed by atoms with Crippen molar-refractivity contribution in [1.82, 2.24) is 19.1 Å². The Morgan fingerprint density at radius 2 is 1.09 bits per heavy atom. The summed E-state index contributed by atoms with van der Waals surface area (Å²) in [7, 11) is 0. The molecule has 46 heavy (non-hydrogen) atoms. The molecule has 0 aliphatic heterocycles. The molecule has 8 aromatic rings. The van der Waals surface area contributed by atoms with Gasteiger partial charge in [0.2, 0.25) is 0 Å². The van der Waals surface area contributed by atoms with Gasteiger partial charge < -0.3 is 0 Å². The lowest BCUT2D eigenvalue weighted by atomic mass is 9.82. The topological polar surface area (TPSA) is 35.6 Å². The number of para-hydroxylation sites is 2. The van der Waals surface area contributed by atoms with Crippen molar-refractivity contribution >= 4 is 43.9 Å². The minimum atomic E-state index is -0.171. The lowest BCUT2D eigenvalue weighted by molar-refractivity contribution is 0.590. The van der Waals surface area contributed by atoms with Crippen molar-refractivity contribution in [3.63, 3.8) is 0 Å². The Hall–Kier alpha value is -5.22. The Labute approximate surface area is 270 Å². The van der Waals surface area contributed by atoms with E-state index in [4.69, 9.17) is 9.97 Å². The number of fused-ring (bicyclic) bond motifs is 6. The molecule has 0 aliphatic carbocycles. The summed E-state index contributed by atoms with van der Waals surface area (Å²) in [6.07, 6.45) is 0. The normalized spacial score (nSPS) is 12.6. The second-order valence-corrected chi connectivity index (χ2v) is 14.4. The second kappa shape index (κ2) is 10.1. The Bertz CT molecular complexity index is 2430. The Balaban J connectivity index is 1.56. The number of pyridine rings is 2. The van der Waals surface area contributed by atoms with E-state index in [-0.39, 0.29) is 10.8 Å². The Morgan fingerprint density at radius 3 is 1.74 bits per heavy atom. The van der Waals surface area contributed by atoms with Gasteiger partial charge in [-0.2, -0.15) is 0 Å². The van der Waals surface area contributed by atoms with Crippen molar-refractivity contribution in [3.8, 4) is 22.8 Å². The summed E-state index contributed by atoms with van der Waals surface area (Å²) in [6, 6.07) is 43.1. The molecule has 0 saturated carbocycles. The van der Waals surface area contributed by atoms with Gasteiger partial charge in [0.1, 0.15) is 17.1 Å². The van der Waals surface area contributed by atoms with Crippen LogP contribution in [0.25, 0.3) is 66.6 Å². The van der Waals surface area contributed by atoms with Gasteiger partial charge in [0.05, 0.1) is 16.7 Å². The van der Waals surface area contributed by atoms with Gasteiger partial charge in [0.25, 0.3) is 0 Å². The second-order valence-electron chi connectivity index (χ2n) is 14.4. The SMILES string of the molecule is CC(C)(C)c1cccc(-n2c3ccccc3c3c(C(C)(C)C)c4c5ccccc5n(-c5cccc(-c6ccccc6)n5)c4nc32)c1. The van der Waals surface area contributed by atoms with Crippen molar-refractivity contribution in [1.29, 1.82) is 0 Å². The van der Waals surface area contributed by atoms with Crippen LogP contribution in [-0.4, -0.2) is 19.1 Å². The van der Waals surface area contributed by atoms with E-state index in [9.17, 15) is 0 Å². The lowest BCUT2D eigenvalue weighted by Gasteiger charge is -2.23. The highest BCUT2D eigenvalue weighted by Gasteiger charge is 2.30. The fourth-order valence-corrected chi connectivity index (χ4v) is 7.06. The highest BCUT2D eigenvalue weighted by atomic mass is 15.1. The number of aromatic nitrogens is 4. The first-order valence-corrected chi connectivity index (χ1v) is 16.1. The first-order chi connectivity index (χ1) is 22.1. The minimum Gasteiger partial charge on any atom is -0.294 e. The predicted octanol–water partition coefficient (Wildman–Crippen LogP) is 10.9. The Kier molecular flexibility index (Phi) is 6.24. The minimum absolute atomic E-state index is 0.0217. The molecule has 8 rings (SSSR count). The van der Waals surface area contributed by atoms with Gasteiger partial charge in [-0.1, -0.05) is 126 Å². The third-order valence-corrected chi connectivity index (χ3v) is 9.16. The average Bonchev–Trinajstić information content (AvgIpc) is 3.56. The van der Waals surface area contributed by atoms with Gasteiger partial charge in [-0.05, 0) is 58.4 Å². The molecular weight excluding hydrogens is 560 g/mol. The number of hydrogen-bond acceptors (Lipinski definition) is 2. The standard InChI is InChI=1S/C42H38N4/c1-41(2,3)28-18-14-19-29(26-28)45-33-23-12-10-20-30(33)36-38(42(4,5)6)37-31-21-11-13-24-34(31)46(40(37)44-39(36)45)35-25-15-22-32(43-35)27-16-8-7-9-17-27/h7-26H,1-6H3. The van der Waals surface area contributed by atoms with Crippen LogP contribution in [0.15, 0.2) is 121 Å². The smallest absolute Gasteiger partial charge is 0.149 e. The summed E-state index contributed by atoms with van der Waals surface area (Å²) in [5.41, 5.74) is 9.76. The van der Waals surface area contributed by atoms with Crippen molar-refractivity contribution in [2.75, 3.05) is 0 Å². The third kappa shape index (κ3) is 4.35. The summed E-state index contributed by atoms with van der Waals surface area (Å²) in [4.78, 5) is 10.9. The monoisotopic (exact) mass is 598 g/mol. The fourth-order valence-electron chi connectivity index (χ4n) is 7.06. The first kappa shape index (κ1) is 28.3. The van der Waals surface area contributed by atoms with Crippen LogP contribution in [0.2, 0.25) is 0 Å². The quantitative estimate of drug-likeness (QED) is 0.203. The zero-order valence-corrected chi connectivity index (χ0v) is 27.3. The van der Waals surface area contributed by atoms with Gasteiger partial charge in [-0.15, -0.1) is 0 Å². The number of benzene rings is 4. The molecule has 226 valence electrons. The highest BCUT2D eigenvalue weighted by Crippen LogP contribution is 2.45. The summed E-state index contributed by atoms with van der Waals surface area (Å²) < 4.78 is 4.63. The molecule has 0 atom stereocenters. The van der Waals surface area contributed by atoms with E-state index < -0.39 is 0 Å². The highest BCUT2D eigenvalue weighted by molar-refractivity contribution is 6.20. The van der Waals surface area contributed by atoms with Gasteiger partial charge in [-0.25, -0.2) is 9.97 Å². The van der Waals surface area contributed by atoms with Crippen LogP contribution >= 0.6 is 0 Å². The van der Waals surface area contributed by atoms with Crippen LogP contribution in [0.5, 0.6) is 0 Å². The van der Waals surface area contributed by atoms with Gasteiger partial charge in [0.15, 0.2) is 0 Å². The number of rotatable bonds is 3. The molecule has 4 heteroatoms. The summed E-state index contributed by atoms with van der Waals surface area (Å²) in [5, 5.41) is 4.81. The number of hydrogen-bond donors (Lipinski definition) is 0. The largest absolute Gasteiger partial charge is 0.294 e. The lowest BCUT2D eigenvalue weighted by Crippen LogP contribution is -2.14. The van der Waals surface area contributed by atoms with E-state index in [1.54, 1.807) is 0 Å². The maximum atomic E-state index is 5.66. The third-order valence-electron chi connectivity index (χ3n) is 9.16. The fraction of sp³-hybridized carbons (Fsp3) is 0.190. The molecule has 0 amide bonds. The first-order valence-electron chi connectivity index (χ1n) is 16.1. The van der Waals surface area contributed by atoms with Gasteiger partial charge in [-0.3, -0.25) is 9.13 Å². The van der Waals surface area contributed by atoms with Crippen LogP contribution in [0.1, 0.15) is 52.7 Å². The molecule has 0 spiro atoms. The van der Waals surface area contributed by atoms with Crippen molar-refractivity contribution in [2.24, 2.45) is 0 Å². The van der Waals surface area contributed by atoms with E-state index in [1.807, 2.05) is 6.07 Å². The van der Waals surface area contributed by atoms with Crippen molar-refractivity contribution in [3.05, 3.63) is 132 Å². The molecule has 4 aromatic carbocycles. The zero-order chi connectivity index (χ0) is 31.8. The van der Waals surface area contributed by atoms with E-state index in [1.165, 1.54) is 32.7 Å². The molecule has 0 N–H and O–H groups in total. The van der Waals surface area contributed by atoms with E-state index in [0.29, 0.717) is 0 Å². The van der Waals surface area contributed by atoms with E-state index >= 15 is 0 Å². The zero-order valence-electron chi connectivity index (χ0n) is 27.3. The van der Waals surface area contributed by atoms with Gasteiger partial charge in [0, 0.05) is 32.8 Å². The predicted molar refractivity (Wildman–Crippen MR) is 194 cm³/mol. The number of nitrogens with zero attached hydrogens (tertiary/aromatic N) is 4. The van der Waals surface area contributed by atoms with Crippen molar-refractivity contribution in [2.45, 2.75) is 52.4 Å². The van der Waals surface area contributed by atoms with Gasteiger partial charge >= 0.3 is 0 Å². The van der Waals surface area contributed by atoms with E-state index in [2.05, 4.69) is 166 Å². The molecule has 0 aliphatic rings. The van der Waals surface area contributed by atoms with Crippen LogP contribution in [0.3, 0.4) is 0 Å². The van der Waals surface area contributed by atoms with Crippen LogP contribution < -0.4 is 0 Å². The summed E-state index contributed by atoms with van der Waals surface area (Å²) in [6.45, 7) is 13.8. The molecule has 0 unspecified atom stereocenters. The maximum absolute atomic E-state index is 5.66.